The van der Waals surface area contributed by atoms with Crippen molar-refractivity contribution in [2.24, 2.45) is 0 Å². The summed E-state index contributed by atoms with van der Waals surface area (Å²) in [6.07, 6.45) is 1.79. The molecule has 0 bridgehead atoms. The van der Waals surface area contributed by atoms with Crippen LogP contribution in [-0.4, -0.2) is 12.6 Å². The van der Waals surface area contributed by atoms with Gasteiger partial charge in [-0.1, -0.05) is 157 Å². The Hall–Kier alpha value is -6.12. The van der Waals surface area contributed by atoms with E-state index in [-0.39, 0.29) is 0 Å². The Morgan fingerprint density at radius 2 is 0.680 bits per heavy atom. The van der Waals surface area contributed by atoms with Crippen LogP contribution in [0.1, 0.15) is 76.4 Å². The maximum absolute atomic E-state index is 11.8. The third-order valence-corrected chi connectivity index (χ3v) is 11.1. The highest BCUT2D eigenvalue weighted by molar-refractivity contribution is 5.94. The smallest absolute Gasteiger partial charge is 0.150 e. The molecule has 7 aromatic carbocycles. The first-order valence-corrected chi connectivity index (χ1v) is 17.1. The molecule has 0 atom stereocenters. The van der Waals surface area contributed by atoms with Crippen molar-refractivity contribution < 1.29 is 9.59 Å². The molecule has 9 rings (SSSR count). The van der Waals surface area contributed by atoms with E-state index in [1.54, 1.807) is 0 Å². The van der Waals surface area contributed by atoms with E-state index in [4.69, 9.17) is 0 Å². The summed E-state index contributed by atoms with van der Waals surface area (Å²) in [7, 11) is 0. The normalized spacial score (nSPS) is 14.3. The van der Waals surface area contributed by atoms with Crippen LogP contribution in [-0.2, 0) is 10.8 Å². The number of carbonyl (C=O) groups excluding carboxylic acids is 2. The Morgan fingerprint density at radius 3 is 1.02 bits per heavy atom. The number of benzene rings is 7. The van der Waals surface area contributed by atoms with Crippen LogP contribution in [0.4, 0.5) is 0 Å². The minimum atomic E-state index is -0.683. The standard InChI is InChI=1S/C48H34O2/c1-31-11-19-35(20-12-31)47(36-21-13-32(2)14-22-36)43-9-5-3-7-39(43)41-28-46-42(27-45(41)47)40-8-4-6-10-44(40)48(46,37-23-15-33(29-49)16-24-37)38-25-17-34(30-50)18-26-38/h3-30H,1-2H3. The zero-order valence-corrected chi connectivity index (χ0v) is 28.0. The predicted molar refractivity (Wildman–Crippen MR) is 201 cm³/mol. The molecule has 238 valence electrons. The Morgan fingerprint density at radius 1 is 0.360 bits per heavy atom. The Kier molecular flexibility index (Phi) is 6.73. The highest BCUT2D eigenvalue weighted by atomic mass is 16.1. The molecule has 0 amide bonds. The highest BCUT2D eigenvalue weighted by Gasteiger charge is 2.51. The summed E-state index contributed by atoms with van der Waals surface area (Å²) in [6.45, 7) is 4.29. The largest absolute Gasteiger partial charge is 0.298 e. The number of aldehydes is 2. The van der Waals surface area contributed by atoms with E-state index in [1.807, 2.05) is 24.3 Å². The maximum Gasteiger partial charge on any atom is 0.150 e. The van der Waals surface area contributed by atoms with Gasteiger partial charge in [-0.25, -0.2) is 0 Å². The molecular formula is C48H34O2. The summed E-state index contributed by atoms with van der Waals surface area (Å²) >= 11 is 0. The fraction of sp³-hybridized carbons (Fsp3) is 0.0833. The molecule has 2 aliphatic rings. The van der Waals surface area contributed by atoms with Gasteiger partial charge in [0.15, 0.2) is 0 Å². The van der Waals surface area contributed by atoms with E-state index >= 15 is 0 Å². The van der Waals surface area contributed by atoms with Gasteiger partial charge in [0.2, 0.25) is 0 Å². The van der Waals surface area contributed by atoms with Gasteiger partial charge in [-0.2, -0.15) is 0 Å². The fourth-order valence-corrected chi connectivity index (χ4v) is 8.85. The lowest BCUT2D eigenvalue weighted by Gasteiger charge is -2.35. The maximum atomic E-state index is 11.8. The molecule has 7 aromatic rings. The summed E-state index contributed by atoms with van der Waals surface area (Å²) in [5.74, 6) is 0. The van der Waals surface area contributed by atoms with Gasteiger partial charge in [-0.3, -0.25) is 9.59 Å². The molecule has 50 heavy (non-hydrogen) atoms. The van der Waals surface area contributed by atoms with E-state index in [0.29, 0.717) is 11.1 Å². The molecule has 0 aromatic heterocycles. The van der Waals surface area contributed by atoms with E-state index in [1.165, 1.54) is 66.8 Å². The van der Waals surface area contributed by atoms with Crippen LogP contribution in [0.15, 0.2) is 158 Å². The lowest BCUT2D eigenvalue weighted by atomic mass is 9.65. The molecule has 0 heterocycles. The molecule has 0 saturated carbocycles. The Bertz CT molecular complexity index is 2350. The quantitative estimate of drug-likeness (QED) is 0.169. The third-order valence-electron chi connectivity index (χ3n) is 11.1. The molecule has 0 radical (unpaired) electrons. The van der Waals surface area contributed by atoms with Gasteiger partial charge in [0, 0.05) is 11.1 Å². The Balaban J connectivity index is 1.43. The average molecular weight is 643 g/mol. The zero-order valence-electron chi connectivity index (χ0n) is 28.0. The van der Waals surface area contributed by atoms with E-state index < -0.39 is 10.8 Å². The van der Waals surface area contributed by atoms with Crippen molar-refractivity contribution in [2.45, 2.75) is 24.7 Å². The fourth-order valence-electron chi connectivity index (χ4n) is 8.85. The topological polar surface area (TPSA) is 34.1 Å². The first-order chi connectivity index (χ1) is 24.5. The monoisotopic (exact) mass is 642 g/mol. The van der Waals surface area contributed by atoms with Crippen LogP contribution in [0.5, 0.6) is 0 Å². The van der Waals surface area contributed by atoms with Crippen LogP contribution in [0, 0.1) is 13.8 Å². The second-order valence-electron chi connectivity index (χ2n) is 13.7. The zero-order chi connectivity index (χ0) is 34.0. The average Bonchev–Trinajstić information content (AvgIpc) is 3.62. The minimum Gasteiger partial charge on any atom is -0.298 e. The number of aryl methyl sites for hydroxylation is 2. The molecule has 0 saturated heterocycles. The summed E-state index contributed by atoms with van der Waals surface area (Å²) in [6, 6.07) is 56.6. The summed E-state index contributed by atoms with van der Waals surface area (Å²) in [5.41, 5.74) is 16.9. The first kappa shape index (κ1) is 30.0. The van der Waals surface area contributed by atoms with Gasteiger partial charge in [0.05, 0.1) is 10.8 Å². The number of hydrogen-bond acceptors (Lipinski definition) is 2. The third kappa shape index (κ3) is 4.02. The molecule has 2 heteroatoms. The van der Waals surface area contributed by atoms with E-state index in [2.05, 4.69) is 147 Å². The van der Waals surface area contributed by atoms with Crippen molar-refractivity contribution in [2.75, 3.05) is 0 Å². The second kappa shape index (κ2) is 11.2. The van der Waals surface area contributed by atoms with Crippen molar-refractivity contribution in [3.63, 3.8) is 0 Å². The predicted octanol–water partition coefficient (Wildman–Crippen LogP) is 10.7. The number of carbonyl (C=O) groups is 2. The van der Waals surface area contributed by atoms with Gasteiger partial charge < -0.3 is 0 Å². The number of rotatable bonds is 6. The van der Waals surface area contributed by atoms with Crippen molar-refractivity contribution in [1.29, 1.82) is 0 Å². The molecule has 0 unspecified atom stereocenters. The van der Waals surface area contributed by atoms with Crippen molar-refractivity contribution in [3.8, 4) is 22.3 Å². The molecule has 0 fully saturated rings. The molecule has 2 aliphatic carbocycles. The van der Waals surface area contributed by atoms with E-state index in [0.717, 1.165) is 23.7 Å². The molecular weight excluding hydrogens is 609 g/mol. The van der Waals surface area contributed by atoms with Gasteiger partial charge in [0.1, 0.15) is 12.6 Å². The minimum absolute atomic E-state index is 0.528. The Labute approximate surface area is 292 Å². The molecule has 0 aliphatic heterocycles. The van der Waals surface area contributed by atoms with Crippen LogP contribution in [0.25, 0.3) is 22.3 Å². The van der Waals surface area contributed by atoms with Crippen LogP contribution in [0.3, 0.4) is 0 Å². The second-order valence-corrected chi connectivity index (χ2v) is 13.7. The number of fused-ring (bicyclic) bond motifs is 6. The summed E-state index contributed by atoms with van der Waals surface area (Å²) in [5, 5.41) is 0. The van der Waals surface area contributed by atoms with Gasteiger partial charge in [0.25, 0.3) is 0 Å². The van der Waals surface area contributed by atoms with Crippen LogP contribution < -0.4 is 0 Å². The first-order valence-electron chi connectivity index (χ1n) is 17.1. The molecule has 0 N–H and O–H groups in total. The van der Waals surface area contributed by atoms with Crippen molar-refractivity contribution in [3.05, 3.63) is 224 Å². The van der Waals surface area contributed by atoms with Gasteiger partial charge in [-0.15, -0.1) is 0 Å². The lowest BCUT2D eigenvalue weighted by Crippen LogP contribution is -2.30. The lowest BCUT2D eigenvalue weighted by molar-refractivity contribution is 0.111. The number of hydrogen-bond donors (Lipinski definition) is 0. The van der Waals surface area contributed by atoms with Crippen LogP contribution in [0.2, 0.25) is 0 Å². The van der Waals surface area contributed by atoms with E-state index in [9.17, 15) is 9.59 Å². The van der Waals surface area contributed by atoms with Crippen molar-refractivity contribution in [1.82, 2.24) is 0 Å². The van der Waals surface area contributed by atoms with Crippen LogP contribution >= 0.6 is 0 Å². The summed E-state index contributed by atoms with van der Waals surface area (Å²) in [4.78, 5) is 23.6. The van der Waals surface area contributed by atoms with Gasteiger partial charge >= 0.3 is 0 Å². The summed E-state index contributed by atoms with van der Waals surface area (Å²) < 4.78 is 0. The molecule has 0 spiro atoms. The highest BCUT2D eigenvalue weighted by Crippen LogP contribution is 2.62. The van der Waals surface area contributed by atoms with Crippen molar-refractivity contribution >= 4 is 12.6 Å². The molecule has 2 nitrogen and oxygen atoms in total. The SMILES string of the molecule is Cc1ccc(C2(c3ccc(C)cc3)c3ccccc3-c3cc4c(cc32)-c2ccccc2C4(c2ccc(C=O)cc2)c2ccc(C=O)cc2)cc1. The van der Waals surface area contributed by atoms with Gasteiger partial charge in [-0.05, 0) is 92.7 Å².